The zero-order valence-corrected chi connectivity index (χ0v) is 17.3. The molecule has 0 radical (unpaired) electrons. The first-order chi connectivity index (χ1) is 14.8. The van der Waals surface area contributed by atoms with Gasteiger partial charge in [0.15, 0.2) is 0 Å². The first-order valence-electron chi connectivity index (χ1n) is 9.35. The van der Waals surface area contributed by atoms with E-state index in [9.17, 15) is 17.3 Å². The molecule has 4 aromatic carbocycles. The molecule has 2 nitrogen and oxygen atoms in total. The smallest absolute Gasteiger partial charge is 0.456 e. The second kappa shape index (κ2) is 7.23. The van der Waals surface area contributed by atoms with Crippen LogP contribution in [0.15, 0.2) is 81.7 Å². The zero-order chi connectivity index (χ0) is 21.8. The van der Waals surface area contributed by atoms with E-state index in [1.807, 2.05) is 30.3 Å². The summed E-state index contributed by atoms with van der Waals surface area (Å²) in [5.41, 5.74) is 4.04. The van der Waals surface area contributed by atoms with Crippen LogP contribution in [0.2, 0.25) is 0 Å². The van der Waals surface area contributed by atoms with Gasteiger partial charge in [0.1, 0.15) is 16.9 Å². The van der Waals surface area contributed by atoms with Crippen molar-refractivity contribution in [3.8, 4) is 22.6 Å². The van der Waals surface area contributed by atoms with Crippen LogP contribution in [-0.2, 0) is 0 Å². The van der Waals surface area contributed by atoms with Crippen LogP contribution < -0.4 is 4.74 Å². The van der Waals surface area contributed by atoms with Gasteiger partial charge in [-0.2, -0.15) is 0 Å². The van der Waals surface area contributed by atoms with E-state index in [0.29, 0.717) is 0 Å². The van der Waals surface area contributed by atoms with Gasteiger partial charge in [-0.05, 0) is 47.2 Å². The Morgan fingerprint density at radius 1 is 0.710 bits per heavy atom. The number of rotatable bonds is 0. The minimum absolute atomic E-state index is 0.843. The monoisotopic (exact) mass is 486 g/mol. The van der Waals surface area contributed by atoms with Gasteiger partial charge in [0.25, 0.3) is 0 Å². The van der Waals surface area contributed by atoms with E-state index >= 15 is 0 Å². The summed E-state index contributed by atoms with van der Waals surface area (Å²) in [4.78, 5) is 0. The number of hydrogen-bond donors (Lipinski definition) is 0. The van der Waals surface area contributed by atoms with E-state index in [2.05, 4.69) is 58.4 Å². The normalized spacial score (nSPS) is 12.3. The summed E-state index contributed by atoms with van der Waals surface area (Å²) in [6, 6.07) is 24.7. The van der Waals surface area contributed by atoms with Crippen LogP contribution in [0, 0.1) is 0 Å². The molecule has 0 saturated heterocycles. The lowest BCUT2D eigenvalue weighted by Gasteiger charge is -2.21. The maximum atomic E-state index is 9.75. The molecular weight excluding hydrogens is 475 g/mol. The Kier molecular flexibility index (Phi) is 4.62. The molecule has 0 aliphatic carbocycles. The summed E-state index contributed by atoms with van der Waals surface area (Å²) in [5, 5.41) is 4.50. The van der Waals surface area contributed by atoms with Crippen molar-refractivity contribution in [2.75, 3.05) is 0 Å². The minimum atomic E-state index is -6.00. The molecule has 2 heterocycles. The highest BCUT2D eigenvalue weighted by molar-refractivity contribution is 9.10. The molecule has 0 N–H and O–H groups in total. The quantitative estimate of drug-likeness (QED) is 0.0924. The number of benzene rings is 4. The predicted molar refractivity (Wildman–Crippen MR) is 119 cm³/mol. The second-order valence-electron chi connectivity index (χ2n) is 7.00. The summed E-state index contributed by atoms with van der Waals surface area (Å²) in [6.07, 6.45) is 0. The van der Waals surface area contributed by atoms with Crippen LogP contribution in [0.5, 0.6) is 11.5 Å². The molecule has 0 spiro atoms. The topological polar surface area (TPSA) is 20.5 Å². The minimum Gasteiger partial charge on any atom is -0.456 e. The van der Waals surface area contributed by atoms with E-state index in [-0.39, 0.29) is 0 Å². The Morgan fingerprint density at radius 2 is 1.45 bits per heavy atom. The van der Waals surface area contributed by atoms with Crippen molar-refractivity contribution >= 4 is 55.9 Å². The van der Waals surface area contributed by atoms with Gasteiger partial charge in [0.05, 0.1) is 5.39 Å². The maximum absolute atomic E-state index is 9.75. The van der Waals surface area contributed by atoms with Crippen LogP contribution in [0.25, 0.3) is 43.8 Å². The van der Waals surface area contributed by atoms with Crippen LogP contribution in [0.1, 0.15) is 0 Å². The second-order valence-corrected chi connectivity index (χ2v) is 7.92. The molecule has 0 bridgehead atoms. The predicted octanol–water partition coefficient (Wildman–Crippen LogP) is 8.86. The molecule has 154 valence electrons. The molecule has 1 aliphatic heterocycles. The fourth-order valence-corrected chi connectivity index (χ4v) is 4.32. The highest BCUT2D eigenvalue weighted by atomic mass is 79.9. The van der Waals surface area contributed by atoms with Crippen molar-refractivity contribution in [3.63, 3.8) is 0 Å². The van der Waals surface area contributed by atoms with E-state index in [1.54, 1.807) is 0 Å². The first kappa shape index (κ1) is 19.8. The van der Waals surface area contributed by atoms with E-state index in [1.165, 1.54) is 16.3 Å². The molecule has 0 saturated carbocycles. The van der Waals surface area contributed by atoms with Crippen molar-refractivity contribution < 1.29 is 26.4 Å². The van der Waals surface area contributed by atoms with E-state index < -0.39 is 7.25 Å². The maximum Gasteiger partial charge on any atom is 0.673 e. The highest BCUT2D eigenvalue weighted by Crippen LogP contribution is 2.52. The van der Waals surface area contributed by atoms with Crippen LogP contribution in [0.4, 0.5) is 17.3 Å². The molecule has 6 rings (SSSR count). The zero-order valence-electron chi connectivity index (χ0n) is 15.7. The van der Waals surface area contributed by atoms with Gasteiger partial charge < -0.3 is 22.0 Å². The molecule has 0 amide bonds. The van der Waals surface area contributed by atoms with Gasteiger partial charge in [-0.1, -0.05) is 40.2 Å². The first-order valence-corrected chi connectivity index (χ1v) is 10.1. The molecule has 0 fully saturated rings. The number of halogens is 5. The van der Waals surface area contributed by atoms with E-state index in [4.69, 9.17) is 9.15 Å². The molecular formula is C23H12BBrF4O2. The summed E-state index contributed by atoms with van der Waals surface area (Å²) < 4.78 is 52.5. The van der Waals surface area contributed by atoms with Gasteiger partial charge in [0, 0.05) is 27.7 Å². The molecule has 8 heteroatoms. The average molecular weight is 487 g/mol. The fourth-order valence-electron chi connectivity index (χ4n) is 3.94. The van der Waals surface area contributed by atoms with Crippen molar-refractivity contribution in [3.05, 3.63) is 77.3 Å². The lowest BCUT2D eigenvalue weighted by Crippen LogP contribution is -2.02. The third-order valence-electron chi connectivity index (χ3n) is 5.03. The summed E-state index contributed by atoms with van der Waals surface area (Å²) in [7, 11) is -6.00. The van der Waals surface area contributed by atoms with Gasteiger partial charge in [-0.25, -0.2) is 4.42 Å². The van der Waals surface area contributed by atoms with Crippen LogP contribution in [0.3, 0.4) is 0 Å². The Balaban J connectivity index is 0.000000371. The van der Waals surface area contributed by atoms with Crippen LogP contribution in [-0.4, -0.2) is 7.25 Å². The largest absolute Gasteiger partial charge is 0.673 e. The number of hydrogen-bond acceptors (Lipinski definition) is 1. The van der Waals surface area contributed by atoms with Crippen molar-refractivity contribution in [2.24, 2.45) is 0 Å². The Hall–Kier alpha value is -3.13. The van der Waals surface area contributed by atoms with Gasteiger partial charge in [-0.15, -0.1) is 0 Å². The average Bonchev–Trinajstić information content (AvgIpc) is 2.72. The van der Waals surface area contributed by atoms with E-state index in [0.717, 1.165) is 43.5 Å². The Labute approximate surface area is 182 Å². The lowest BCUT2D eigenvalue weighted by molar-refractivity contribution is 0.368. The number of fused-ring (bicyclic) bond motifs is 6. The molecule has 1 aromatic heterocycles. The molecule has 0 unspecified atom stereocenters. The number of para-hydroxylation sites is 1. The molecule has 31 heavy (non-hydrogen) atoms. The van der Waals surface area contributed by atoms with Gasteiger partial charge in [-0.3, -0.25) is 0 Å². The lowest BCUT2D eigenvalue weighted by atomic mass is 9.90. The summed E-state index contributed by atoms with van der Waals surface area (Å²) in [5.74, 6) is 1.73. The van der Waals surface area contributed by atoms with Crippen molar-refractivity contribution in [2.45, 2.75) is 0 Å². The van der Waals surface area contributed by atoms with Crippen LogP contribution >= 0.6 is 15.9 Å². The summed E-state index contributed by atoms with van der Waals surface area (Å²) >= 11 is 3.58. The Bertz CT molecular complexity index is 1480. The van der Waals surface area contributed by atoms with Crippen molar-refractivity contribution in [1.82, 2.24) is 0 Å². The van der Waals surface area contributed by atoms with Gasteiger partial charge >= 0.3 is 18.4 Å². The molecule has 0 atom stereocenters. The number of ether oxygens (including phenoxy) is 1. The highest BCUT2D eigenvalue weighted by Gasteiger charge is 2.30. The van der Waals surface area contributed by atoms with Gasteiger partial charge in [0.2, 0.25) is 0 Å². The molecule has 1 aliphatic rings. The summed E-state index contributed by atoms with van der Waals surface area (Å²) in [6.45, 7) is 0. The third kappa shape index (κ3) is 3.61. The SMILES string of the molecule is Brc1ccc2c3c(ccc2c1)Oc1cccc2[o+]c4ccccc4c-3c12.F[B-](F)(F)F. The Morgan fingerprint density at radius 3 is 2.26 bits per heavy atom. The fraction of sp³-hybridized carbons (Fsp3) is 0. The van der Waals surface area contributed by atoms with Crippen molar-refractivity contribution in [1.29, 1.82) is 0 Å². The third-order valence-corrected chi connectivity index (χ3v) is 5.52. The standard InChI is InChI=1S/C23H12BrO2.BF4/c24-14-9-10-15-13(12-14)8-11-20-21(15)22-16-4-1-2-5-17(16)25-18-6-3-7-19(26-20)23(18)22;2-1(3,4)5/h1-12H;/q+1;-1. The molecule has 5 aromatic rings.